The topological polar surface area (TPSA) is 80.1 Å². The number of halogens is 1. The van der Waals surface area contributed by atoms with Gasteiger partial charge in [0.25, 0.3) is 11.8 Å². The Balaban J connectivity index is 1.33. The first-order chi connectivity index (χ1) is 13.5. The number of hydrogen-bond donors (Lipinski definition) is 1. The molecular weight excluding hydrogens is 462 g/mol. The van der Waals surface area contributed by atoms with Crippen molar-refractivity contribution in [1.82, 2.24) is 25.0 Å². The molecule has 1 aliphatic rings. The minimum absolute atomic E-state index is 0.0462. The van der Waals surface area contributed by atoms with Crippen LogP contribution < -0.4 is 5.32 Å². The van der Waals surface area contributed by atoms with E-state index in [0.29, 0.717) is 24.3 Å². The molecule has 0 bridgehead atoms. The molecule has 4 rings (SSSR count). The number of aryl methyl sites for hydroxylation is 1. The first-order valence-electron chi connectivity index (χ1n) is 8.78. The van der Waals surface area contributed by atoms with Gasteiger partial charge in [-0.15, -0.1) is 22.7 Å². The maximum Gasteiger partial charge on any atom is 0.273 e. The summed E-state index contributed by atoms with van der Waals surface area (Å²) < 4.78 is 2.62. The van der Waals surface area contributed by atoms with E-state index in [2.05, 4.69) is 31.3 Å². The molecular formula is C18H18BrN5O2S2. The summed E-state index contributed by atoms with van der Waals surface area (Å²) in [6, 6.07) is 2.07. The van der Waals surface area contributed by atoms with Gasteiger partial charge >= 0.3 is 0 Å². The lowest BCUT2D eigenvalue weighted by atomic mass is 10.0. The van der Waals surface area contributed by atoms with Crippen molar-refractivity contribution in [2.24, 2.45) is 7.05 Å². The number of carbonyl (C=O) groups excluding carboxylic acids is 2. The van der Waals surface area contributed by atoms with Gasteiger partial charge < -0.3 is 10.2 Å². The van der Waals surface area contributed by atoms with Gasteiger partial charge in [0.15, 0.2) is 0 Å². The van der Waals surface area contributed by atoms with Crippen molar-refractivity contribution in [2.45, 2.75) is 18.9 Å². The van der Waals surface area contributed by atoms with Crippen LogP contribution in [-0.4, -0.2) is 50.6 Å². The zero-order valence-corrected chi connectivity index (χ0v) is 18.3. The maximum absolute atomic E-state index is 12.8. The molecule has 146 valence electrons. The van der Waals surface area contributed by atoms with Crippen LogP contribution in [0.2, 0.25) is 0 Å². The lowest BCUT2D eigenvalue weighted by Gasteiger charge is -2.31. The second kappa shape index (κ2) is 8.14. The molecule has 7 nitrogen and oxygen atoms in total. The lowest BCUT2D eigenvalue weighted by Crippen LogP contribution is -2.46. The van der Waals surface area contributed by atoms with E-state index in [1.54, 1.807) is 35.5 Å². The van der Waals surface area contributed by atoms with E-state index in [4.69, 9.17) is 0 Å². The number of piperidine rings is 1. The summed E-state index contributed by atoms with van der Waals surface area (Å²) in [5, 5.41) is 11.7. The van der Waals surface area contributed by atoms with Crippen LogP contribution in [0, 0.1) is 0 Å². The van der Waals surface area contributed by atoms with Gasteiger partial charge in [0, 0.05) is 47.6 Å². The second-order valence-corrected chi connectivity index (χ2v) is 9.29. The Kier molecular flexibility index (Phi) is 5.61. The largest absolute Gasteiger partial charge is 0.349 e. The van der Waals surface area contributed by atoms with E-state index in [0.717, 1.165) is 27.2 Å². The minimum Gasteiger partial charge on any atom is -0.349 e. The third-order valence-corrected chi connectivity index (χ3v) is 7.29. The molecule has 3 aromatic rings. The van der Waals surface area contributed by atoms with Crippen LogP contribution in [0.1, 0.15) is 33.7 Å². The number of thiazole rings is 1. The average Bonchev–Trinajstić information content (AvgIpc) is 3.42. The molecule has 0 radical (unpaired) electrons. The predicted molar refractivity (Wildman–Crippen MR) is 113 cm³/mol. The third kappa shape index (κ3) is 4.18. The molecule has 28 heavy (non-hydrogen) atoms. The molecule has 0 unspecified atom stereocenters. The van der Waals surface area contributed by atoms with Crippen LogP contribution in [0.15, 0.2) is 33.7 Å². The van der Waals surface area contributed by atoms with Gasteiger partial charge in [-0.3, -0.25) is 14.3 Å². The fraction of sp³-hybridized carbons (Fsp3) is 0.333. The Labute approximate surface area is 178 Å². The first-order valence-corrected chi connectivity index (χ1v) is 11.3. The van der Waals surface area contributed by atoms with Crippen molar-refractivity contribution in [3.05, 3.63) is 45.0 Å². The van der Waals surface area contributed by atoms with Crippen molar-refractivity contribution in [1.29, 1.82) is 0 Å². The normalized spacial score (nSPS) is 15.0. The Hall–Kier alpha value is -2.04. The van der Waals surface area contributed by atoms with E-state index in [9.17, 15) is 9.59 Å². The molecule has 4 heterocycles. The summed E-state index contributed by atoms with van der Waals surface area (Å²) in [5.41, 5.74) is 1.04. The number of aromatic nitrogens is 3. The number of carbonyl (C=O) groups is 2. The monoisotopic (exact) mass is 479 g/mol. The quantitative estimate of drug-likeness (QED) is 0.621. The number of rotatable bonds is 4. The van der Waals surface area contributed by atoms with Crippen molar-refractivity contribution < 1.29 is 9.59 Å². The van der Waals surface area contributed by atoms with E-state index in [1.165, 1.54) is 11.3 Å². The Morgan fingerprint density at radius 1 is 1.25 bits per heavy atom. The minimum atomic E-state index is -0.121. The molecule has 0 atom stereocenters. The Morgan fingerprint density at radius 2 is 2.04 bits per heavy atom. The highest BCUT2D eigenvalue weighted by atomic mass is 79.9. The summed E-state index contributed by atoms with van der Waals surface area (Å²) >= 11 is 6.53. The molecule has 1 saturated heterocycles. The van der Waals surface area contributed by atoms with Gasteiger partial charge in [0.2, 0.25) is 0 Å². The highest BCUT2D eigenvalue weighted by Gasteiger charge is 2.26. The molecule has 3 aromatic heterocycles. The fourth-order valence-electron chi connectivity index (χ4n) is 3.11. The van der Waals surface area contributed by atoms with Gasteiger partial charge in [0.1, 0.15) is 10.7 Å². The van der Waals surface area contributed by atoms with Crippen LogP contribution >= 0.6 is 38.6 Å². The fourth-order valence-corrected chi connectivity index (χ4v) is 5.41. The van der Waals surface area contributed by atoms with E-state index < -0.39 is 0 Å². The number of hydrogen-bond acceptors (Lipinski definition) is 6. The molecule has 1 aliphatic heterocycles. The molecule has 0 aliphatic carbocycles. The average molecular weight is 480 g/mol. The SMILES string of the molecule is Cn1cc(C(=O)NC2CCN(C(=O)c3csc(-c4cc(Br)cs4)n3)CC2)cn1. The number of amides is 2. The summed E-state index contributed by atoms with van der Waals surface area (Å²) in [6.07, 6.45) is 4.71. The van der Waals surface area contributed by atoms with E-state index in [-0.39, 0.29) is 17.9 Å². The molecule has 0 aromatic carbocycles. The van der Waals surface area contributed by atoms with Crippen LogP contribution in [-0.2, 0) is 7.05 Å². The zero-order valence-electron chi connectivity index (χ0n) is 15.1. The smallest absolute Gasteiger partial charge is 0.273 e. The van der Waals surface area contributed by atoms with Crippen molar-refractivity contribution in [3.63, 3.8) is 0 Å². The van der Waals surface area contributed by atoms with E-state index >= 15 is 0 Å². The van der Waals surface area contributed by atoms with Gasteiger partial charge in [-0.25, -0.2) is 4.98 Å². The van der Waals surface area contributed by atoms with Gasteiger partial charge in [0.05, 0.1) is 16.6 Å². The summed E-state index contributed by atoms with van der Waals surface area (Å²) in [6.45, 7) is 1.21. The van der Waals surface area contributed by atoms with Crippen LogP contribution in [0.3, 0.4) is 0 Å². The van der Waals surface area contributed by atoms with E-state index in [1.807, 2.05) is 21.7 Å². The molecule has 1 fully saturated rings. The molecule has 0 saturated carbocycles. The van der Waals surface area contributed by atoms with Gasteiger partial charge in [-0.1, -0.05) is 0 Å². The Morgan fingerprint density at radius 3 is 2.68 bits per heavy atom. The van der Waals surface area contributed by atoms with Crippen molar-refractivity contribution in [2.75, 3.05) is 13.1 Å². The standard InChI is InChI=1S/C18H18BrN5O2S2/c1-23-8-11(7-20-23)16(25)21-13-2-4-24(5-3-13)18(26)14-10-28-17(22-14)15-6-12(19)9-27-15/h6-10,13H,2-5H2,1H3,(H,21,25). The Bertz CT molecular complexity index is 1000. The first kappa shape index (κ1) is 19.3. The summed E-state index contributed by atoms with van der Waals surface area (Å²) in [5.74, 6) is -0.167. The highest BCUT2D eigenvalue weighted by molar-refractivity contribution is 9.10. The number of nitrogens with one attached hydrogen (secondary N) is 1. The zero-order chi connectivity index (χ0) is 19.7. The molecule has 2 amide bonds. The summed E-state index contributed by atoms with van der Waals surface area (Å²) in [7, 11) is 1.78. The molecule has 1 N–H and O–H groups in total. The van der Waals surface area contributed by atoms with Crippen LogP contribution in [0.5, 0.6) is 0 Å². The number of thiophene rings is 1. The lowest BCUT2D eigenvalue weighted by molar-refractivity contribution is 0.0693. The van der Waals surface area contributed by atoms with Crippen LogP contribution in [0.25, 0.3) is 9.88 Å². The van der Waals surface area contributed by atoms with Gasteiger partial charge in [-0.05, 0) is 34.8 Å². The second-order valence-electron chi connectivity index (χ2n) is 6.61. The third-order valence-electron chi connectivity index (χ3n) is 4.59. The highest BCUT2D eigenvalue weighted by Crippen LogP contribution is 2.32. The maximum atomic E-state index is 12.8. The van der Waals surface area contributed by atoms with Crippen LogP contribution in [0.4, 0.5) is 0 Å². The number of nitrogens with zero attached hydrogens (tertiary/aromatic N) is 4. The van der Waals surface area contributed by atoms with Gasteiger partial charge in [-0.2, -0.15) is 5.10 Å². The van der Waals surface area contributed by atoms with Crippen molar-refractivity contribution >= 4 is 50.4 Å². The number of likely N-dealkylation sites (tertiary alicyclic amines) is 1. The molecule has 10 heteroatoms. The van der Waals surface area contributed by atoms with Crippen molar-refractivity contribution in [3.8, 4) is 9.88 Å². The predicted octanol–water partition coefficient (Wildman–Crippen LogP) is 3.40. The molecule has 0 spiro atoms. The summed E-state index contributed by atoms with van der Waals surface area (Å²) in [4.78, 5) is 32.4.